The fourth-order valence-electron chi connectivity index (χ4n) is 9.03. The zero-order valence-corrected chi connectivity index (χ0v) is 36.1. The Morgan fingerprint density at radius 3 is 1.60 bits per heavy atom. The minimum atomic E-state index is -1.62. The van der Waals surface area contributed by atoms with Crippen LogP contribution in [0.25, 0.3) is 44.1 Å². The quantitative estimate of drug-likeness (QED) is 0.113. The van der Waals surface area contributed by atoms with E-state index in [2.05, 4.69) is 43.3 Å². The van der Waals surface area contributed by atoms with E-state index >= 15 is 0 Å². The molecule has 0 radical (unpaired) electrons. The van der Waals surface area contributed by atoms with E-state index in [1.54, 1.807) is 0 Å². The lowest BCUT2D eigenvalue weighted by molar-refractivity contribution is -0.337. The lowest BCUT2D eigenvalue weighted by atomic mass is 9.80. The summed E-state index contributed by atoms with van der Waals surface area (Å²) in [7, 11) is 0. The second-order valence-electron chi connectivity index (χ2n) is 18.2. The van der Waals surface area contributed by atoms with Crippen LogP contribution >= 0.6 is 23.2 Å². The predicted octanol–water partition coefficient (Wildman–Crippen LogP) is 12.7. The minimum Gasteiger partial charge on any atom is -0.396 e. The van der Waals surface area contributed by atoms with E-state index in [0.29, 0.717) is 28.3 Å². The Labute approximate surface area is 352 Å². The van der Waals surface area contributed by atoms with Crippen LogP contribution in [-0.4, -0.2) is 44.6 Å². The van der Waals surface area contributed by atoms with Crippen LogP contribution in [0.5, 0.6) is 0 Å². The van der Waals surface area contributed by atoms with Gasteiger partial charge in [-0.3, -0.25) is 9.97 Å². The van der Waals surface area contributed by atoms with Crippen LogP contribution in [0, 0.1) is 13.8 Å². The number of aliphatic hydroxyl groups excluding tert-OH is 2. The summed E-state index contributed by atoms with van der Waals surface area (Å²) in [6.07, 6.45) is 5.07. The Bertz CT molecular complexity index is 2480. The maximum absolute atomic E-state index is 11.8. The van der Waals surface area contributed by atoms with Crippen molar-refractivity contribution in [2.75, 3.05) is 13.2 Å². The molecule has 0 spiro atoms. The van der Waals surface area contributed by atoms with Gasteiger partial charge in [0.15, 0.2) is 0 Å². The number of aryl methyl sites for hydroxylation is 2. The molecule has 6 aromatic rings. The number of ether oxygens (including phenoxy) is 2. The van der Waals surface area contributed by atoms with Gasteiger partial charge < -0.3 is 19.7 Å². The first-order valence-electron chi connectivity index (χ1n) is 20.6. The lowest BCUT2D eigenvalue weighted by Crippen LogP contribution is -2.49. The molecule has 58 heavy (non-hydrogen) atoms. The summed E-state index contributed by atoms with van der Waals surface area (Å²) >= 11 is 12.9. The van der Waals surface area contributed by atoms with Crippen LogP contribution < -0.4 is 0 Å². The molecular formula is C50H54Cl2N2O4. The van der Waals surface area contributed by atoms with Crippen molar-refractivity contribution in [3.05, 3.63) is 129 Å². The van der Waals surface area contributed by atoms with Crippen LogP contribution in [0.1, 0.15) is 118 Å². The van der Waals surface area contributed by atoms with Crippen molar-refractivity contribution in [3.63, 3.8) is 0 Å². The van der Waals surface area contributed by atoms with Crippen molar-refractivity contribution in [1.29, 1.82) is 0 Å². The second-order valence-corrected chi connectivity index (χ2v) is 19.0. The van der Waals surface area contributed by atoms with Gasteiger partial charge in [-0.25, -0.2) is 0 Å². The molecule has 6 nitrogen and oxygen atoms in total. The summed E-state index contributed by atoms with van der Waals surface area (Å²) in [5.41, 5.74) is 9.92. The zero-order chi connectivity index (χ0) is 41.1. The fourth-order valence-corrected chi connectivity index (χ4v) is 9.28. The van der Waals surface area contributed by atoms with E-state index in [9.17, 15) is 10.2 Å². The smallest absolute Gasteiger partial charge is 0.220 e. The number of rotatable bonds is 13. The number of benzene rings is 4. The Morgan fingerprint density at radius 2 is 1.14 bits per heavy atom. The number of hydrogen-bond donors (Lipinski definition) is 2. The van der Waals surface area contributed by atoms with Crippen molar-refractivity contribution in [2.24, 2.45) is 0 Å². The van der Waals surface area contributed by atoms with Crippen molar-refractivity contribution >= 4 is 45.0 Å². The van der Waals surface area contributed by atoms with Crippen LogP contribution in [0.4, 0.5) is 0 Å². The fraction of sp³-hybridized carbons (Fsp3) is 0.400. The molecule has 2 saturated carbocycles. The van der Waals surface area contributed by atoms with Gasteiger partial charge in [0.1, 0.15) is 6.61 Å². The summed E-state index contributed by atoms with van der Waals surface area (Å²) in [4.78, 5) is 10.3. The number of nitrogens with zero attached hydrogens (tertiary/aromatic N) is 2. The highest BCUT2D eigenvalue weighted by atomic mass is 35.5. The number of pyridine rings is 2. The highest BCUT2D eigenvalue weighted by Crippen LogP contribution is 2.49. The number of fused-ring (bicyclic) bond motifs is 2. The van der Waals surface area contributed by atoms with Crippen molar-refractivity contribution in [3.8, 4) is 22.3 Å². The van der Waals surface area contributed by atoms with Crippen molar-refractivity contribution < 1.29 is 19.7 Å². The summed E-state index contributed by atoms with van der Waals surface area (Å²) in [5.74, 6) is -0.949. The third-order valence-electron chi connectivity index (χ3n) is 11.6. The van der Waals surface area contributed by atoms with Gasteiger partial charge >= 0.3 is 0 Å². The topological polar surface area (TPSA) is 84.7 Å². The normalized spacial score (nSPS) is 16.5. The Morgan fingerprint density at radius 1 is 0.655 bits per heavy atom. The maximum atomic E-state index is 11.8. The molecule has 2 heterocycles. The average Bonchev–Trinajstić information content (AvgIpc) is 4.10. The Kier molecular flexibility index (Phi) is 11.0. The number of hydrogen-bond acceptors (Lipinski definition) is 6. The molecule has 0 unspecified atom stereocenters. The molecule has 2 atom stereocenters. The molecule has 2 fully saturated rings. The standard InChI is InChI=1S/C50H54Cl2N2O4/c1-29-24-42-38(20-22-40(53-42)31-8-9-31)45(33-12-16-36(51)17-13-33)44(29)35(27-55)26-49(6,7)58-50(28-56,57-48(3,4)5)47-30(2)25-43-39(21-23-41(54-43)32-10-11-32)46(47)34-14-18-37(52)19-15-34/h12-25,31-32,35,55-56H,8-11,26-28H2,1-7H3/t35-,50-/m1/s1. The van der Waals surface area contributed by atoms with Gasteiger partial charge in [0.2, 0.25) is 5.79 Å². The van der Waals surface area contributed by atoms with Gasteiger partial charge in [-0.2, -0.15) is 0 Å². The molecule has 4 aromatic carbocycles. The van der Waals surface area contributed by atoms with Gasteiger partial charge in [0.25, 0.3) is 0 Å². The third-order valence-corrected chi connectivity index (χ3v) is 12.1. The van der Waals surface area contributed by atoms with Gasteiger partial charge in [-0.1, -0.05) is 59.6 Å². The predicted molar refractivity (Wildman–Crippen MR) is 237 cm³/mol. The lowest BCUT2D eigenvalue weighted by Gasteiger charge is -2.45. The summed E-state index contributed by atoms with van der Waals surface area (Å²) < 4.78 is 14.4. The van der Waals surface area contributed by atoms with E-state index in [-0.39, 0.29) is 12.5 Å². The van der Waals surface area contributed by atoms with E-state index in [0.717, 1.165) is 90.5 Å². The molecule has 0 saturated heterocycles. The molecule has 0 aliphatic heterocycles. The molecule has 302 valence electrons. The van der Waals surface area contributed by atoms with Crippen molar-refractivity contribution in [1.82, 2.24) is 9.97 Å². The number of halogens is 2. The molecule has 8 heteroatoms. The first-order valence-corrected chi connectivity index (χ1v) is 21.4. The Balaban J connectivity index is 1.27. The molecule has 8 rings (SSSR count). The molecule has 0 amide bonds. The first kappa shape index (κ1) is 40.9. The highest BCUT2D eigenvalue weighted by Gasteiger charge is 2.46. The highest BCUT2D eigenvalue weighted by molar-refractivity contribution is 6.31. The molecule has 0 bridgehead atoms. The van der Waals surface area contributed by atoms with Gasteiger partial charge in [-0.05, 0) is 168 Å². The van der Waals surface area contributed by atoms with Crippen LogP contribution in [0.2, 0.25) is 10.0 Å². The monoisotopic (exact) mass is 816 g/mol. The van der Waals surface area contributed by atoms with Gasteiger partial charge in [0, 0.05) is 55.5 Å². The largest absolute Gasteiger partial charge is 0.396 e. The summed E-state index contributed by atoms with van der Waals surface area (Å²) in [6, 6.07) is 28.6. The van der Waals surface area contributed by atoms with E-state index < -0.39 is 23.6 Å². The second kappa shape index (κ2) is 15.6. The van der Waals surface area contributed by atoms with E-state index in [1.807, 2.05) is 90.1 Å². The van der Waals surface area contributed by atoms with Crippen LogP contribution in [0.3, 0.4) is 0 Å². The molecular weight excluding hydrogens is 763 g/mol. The molecule has 2 aromatic heterocycles. The van der Waals surface area contributed by atoms with E-state index in [1.165, 1.54) is 12.8 Å². The Hall–Kier alpha value is -3.88. The molecule has 2 aliphatic rings. The molecule has 2 aliphatic carbocycles. The summed E-state index contributed by atoms with van der Waals surface area (Å²) in [5, 5.41) is 26.4. The first-order chi connectivity index (χ1) is 27.6. The van der Waals surface area contributed by atoms with Gasteiger partial charge in [-0.15, -0.1) is 0 Å². The zero-order valence-electron chi connectivity index (χ0n) is 34.6. The SMILES string of the molecule is Cc1cc2nc(C3CC3)ccc2c(-c2ccc(Cl)cc2)c1[C@@H](CO)CC(C)(C)O[C@@](CO)(OC(C)(C)C)c1c(C)cc2nc(C3CC3)ccc2c1-c1ccc(Cl)cc1. The maximum Gasteiger partial charge on any atom is 0.220 e. The third kappa shape index (κ3) is 8.30. The number of aliphatic hydroxyl groups is 2. The number of aromatic nitrogens is 2. The molecule has 2 N–H and O–H groups in total. The summed E-state index contributed by atoms with van der Waals surface area (Å²) in [6.45, 7) is 13.5. The minimum absolute atomic E-state index is 0.125. The van der Waals surface area contributed by atoms with Gasteiger partial charge in [0.05, 0.1) is 28.8 Å². The van der Waals surface area contributed by atoms with Crippen LogP contribution in [0.15, 0.2) is 84.9 Å². The van der Waals surface area contributed by atoms with Crippen LogP contribution in [-0.2, 0) is 15.3 Å². The average molecular weight is 818 g/mol. The van der Waals surface area contributed by atoms with Crippen molar-refractivity contribution in [2.45, 2.75) is 115 Å². The van der Waals surface area contributed by atoms with E-state index in [4.69, 9.17) is 42.6 Å².